The molecule has 0 aliphatic heterocycles. The molecule has 1 radical (unpaired) electrons. The Labute approximate surface area is 84.5 Å². The highest BCUT2D eigenvalue weighted by Crippen LogP contribution is 2.25. The number of benzene rings is 1. The Morgan fingerprint density at radius 2 is 1.79 bits per heavy atom. The van der Waals surface area contributed by atoms with Crippen LogP contribution in [0.15, 0.2) is 43.5 Å². The lowest BCUT2D eigenvalue weighted by molar-refractivity contribution is 0.308. The van der Waals surface area contributed by atoms with E-state index in [1.54, 1.807) is 24.3 Å². The SMILES string of the molecule is C=CCOc1c[c]ccc1OCC=C. The third kappa shape index (κ3) is 2.98. The Balaban J connectivity index is 2.68. The zero-order valence-electron chi connectivity index (χ0n) is 8.03. The number of ether oxygens (including phenoxy) is 2. The van der Waals surface area contributed by atoms with E-state index < -0.39 is 0 Å². The normalized spacial score (nSPS) is 9.14. The molecule has 0 heterocycles. The average molecular weight is 189 g/mol. The Hall–Kier alpha value is -1.70. The quantitative estimate of drug-likeness (QED) is 0.640. The van der Waals surface area contributed by atoms with E-state index in [0.717, 1.165) is 0 Å². The monoisotopic (exact) mass is 189 g/mol. The summed E-state index contributed by atoms with van der Waals surface area (Å²) in [6, 6.07) is 8.24. The molecule has 1 rings (SSSR count). The van der Waals surface area contributed by atoms with Gasteiger partial charge in [0.1, 0.15) is 13.2 Å². The third-order valence-corrected chi connectivity index (χ3v) is 1.50. The van der Waals surface area contributed by atoms with E-state index in [4.69, 9.17) is 9.47 Å². The Morgan fingerprint density at radius 1 is 1.14 bits per heavy atom. The molecule has 0 amide bonds. The first-order valence-electron chi connectivity index (χ1n) is 4.36. The van der Waals surface area contributed by atoms with Crippen LogP contribution in [-0.4, -0.2) is 13.2 Å². The highest BCUT2D eigenvalue weighted by molar-refractivity contribution is 5.39. The van der Waals surface area contributed by atoms with Crippen LogP contribution >= 0.6 is 0 Å². The van der Waals surface area contributed by atoms with Crippen LogP contribution in [-0.2, 0) is 0 Å². The largest absolute Gasteiger partial charge is 0.486 e. The van der Waals surface area contributed by atoms with Gasteiger partial charge in [-0.05, 0) is 18.2 Å². The van der Waals surface area contributed by atoms with Gasteiger partial charge in [0, 0.05) is 0 Å². The molecular formula is C12H13O2. The van der Waals surface area contributed by atoms with Gasteiger partial charge in [0.25, 0.3) is 0 Å². The molecule has 0 unspecified atom stereocenters. The average Bonchev–Trinajstić information content (AvgIpc) is 2.24. The third-order valence-electron chi connectivity index (χ3n) is 1.50. The number of hydrogen-bond acceptors (Lipinski definition) is 2. The summed E-state index contributed by atoms with van der Waals surface area (Å²) in [5.74, 6) is 1.37. The van der Waals surface area contributed by atoms with Crippen LogP contribution in [0.4, 0.5) is 0 Å². The zero-order valence-corrected chi connectivity index (χ0v) is 8.03. The summed E-state index contributed by atoms with van der Waals surface area (Å²) in [6.45, 7) is 8.08. The van der Waals surface area contributed by atoms with Crippen molar-refractivity contribution in [1.29, 1.82) is 0 Å². The fraction of sp³-hybridized carbons (Fsp3) is 0.167. The van der Waals surface area contributed by atoms with Gasteiger partial charge in [0.15, 0.2) is 11.5 Å². The molecule has 1 aromatic carbocycles. The predicted molar refractivity (Wildman–Crippen MR) is 56.7 cm³/mol. The van der Waals surface area contributed by atoms with Gasteiger partial charge < -0.3 is 9.47 Å². The van der Waals surface area contributed by atoms with Crippen molar-refractivity contribution in [2.24, 2.45) is 0 Å². The Morgan fingerprint density at radius 3 is 2.43 bits per heavy atom. The van der Waals surface area contributed by atoms with Crippen LogP contribution in [0.25, 0.3) is 0 Å². The van der Waals surface area contributed by atoms with Gasteiger partial charge in [0.05, 0.1) is 0 Å². The van der Waals surface area contributed by atoms with Crippen molar-refractivity contribution >= 4 is 0 Å². The maximum Gasteiger partial charge on any atom is 0.162 e. The van der Waals surface area contributed by atoms with Crippen LogP contribution in [0.2, 0.25) is 0 Å². The fourth-order valence-corrected chi connectivity index (χ4v) is 0.930. The van der Waals surface area contributed by atoms with E-state index in [9.17, 15) is 0 Å². The summed E-state index contributed by atoms with van der Waals surface area (Å²) in [4.78, 5) is 0. The molecule has 2 heteroatoms. The van der Waals surface area contributed by atoms with Gasteiger partial charge in [-0.25, -0.2) is 0 Å². The Bertz CT molecular complexity index is 274. The molecule has 0 atom stereocenters. The summed E-state index contributed by atoms with van der Waals surface area (Å²) in [6.07, 6.45) is 3.37. The topological polar surface area (TPSA) is 18.5 Å². The van der Waals surface area contributed by atoms with E-state index in [1.807, 2.05) is 6.07 Å². The summed E-state index contributed by atoms with van der Waals surface area (Å²) < 4.78 is 10.8. The first kappa shape index (κ1) is 10.4. The van der Waals surface area contributed by atoms with Crippen molar-refractivity contribution in [2.45, 2.75) is 0 Å². The standard InChI is InChI=1S/C12H13O2/c1-3-9-13-11-7-5-6-8-12(11)14-10-4-2/h3-5,7-8H,1-2,9-10H2. The van der Waals surface area contributed by atoms with Crippen molar-refractivity contribution in [2.75, 3.05) is 13.2 Å². The highest BCUT2D eigenvalue weighted by Gasteiger charge is 2.01. The minimum Gasteiger partial charge on any atom is -0.486 e. The molecule has 0 fully saturated rings. The van der Waals surface area contributed by atoms with Crippen molar-refractivity contribution in [3.05, 3.63) is 49.6 Å². The van der Waals surface area contributed by atoms with Gasteiger partial charge in [-0.2, -0.15) is 0 Å². The van der Waals surface area contributed by atoms with Gasteiger partial charge in [0.2, 0.25) is 0 Å². The second-order valence-corrected chi connectivity index (χ2v) is 2.57. The van der Waals surface area contributed by atoms with Crippen LogP contribution in [0.1, 0.15) is 0 Å². The lowest BCUT2D eigenvalue weighted by Gasteiger charge is -2.09. The van der Waals surface area contributed by atoms with E-state index in [1.165, 1.54) is 0 Å². The number of rotatable bonds is 6. The summed E-state index contributed by atoms with van der Waals surface area (Å²) in [5, 5.41) is 0. The zero-order chi connectivity index (χ0) is 10.2. The molecule has 0 aliphatic rings. The lowest BCUT2D eigenvalue weighted by Crippen LogP contribution is -1.98. The first-order chi connectivity index (χ1) is 6.88. The van der Waals surface area contributed by atoms with E-state index in [-0.39, 0.29) is 0 Å². The van der Waals surface area contributed by atoms with Crippen molar-refractivity contribution in [3.63, 3.8) is 0 Å². The molecule has 73 valence electrons. The molecule has 0 spiro atoms. The molecule has 0 aliphatic carbocycles. The second-order valence-electron chi connectivity index (χ2n) is 2.57. The highest BCUT2D eigenvalue weighted by atomic mass is 16.5. The molecule has 0 aromatic heterocycles. The van der Waals surface area contributed by atoms with Gasteiger partial charge in [-0.1, -0.05) is 31.4 Å². The second kappa shape index (κ2) is 5.86. The van der Waals surface area contributed by atoms with Gasteiger partial charge >= 0.3 is 0 Å². The van der Waals surface area contributed by atoms with Crippen LogP contribution < -0.4 is 9.47 Å². The molecule has 0 bridgehead atoms. The van der Waals surface area contributed by atoms with E-state index in [0.29, 0.717) is 24.7 Å². The van der Waals surface area contributed by atoms with E-state index in [2.05, 4.69) is 19.2 Å². The van der Waals surface area contributed by atoms with Crippen molar-refractivity contribution in [3.8, 4) is 11.5 Å². The molecule has 0 saturated carbocycles. The van der Waals surface area contributed by atoms with Gasteiger partial charge in [-0.3, -0.25) is 0 Å². The van der Waals surface area contributed by atoms with Gasteiger partial charge in [-0.15, -0.1) is 0 Å². The molecule has 1 aromatic rings. The lowest BCUT2D eigenvalue weighted by atomic mass is 10.3. The Kier molecular flexibility index (Phi) is 4.35. The maximum absolute atomic E-state index is 5.39. The summed E-state index contributed by atoms with van der Waals surface area (Å²) >= 11 is 0. The summed E-state index contributed by atoms with van der Waals surface area (Å²) in [5.41, 5.74) is 0. The van der Waals surface area contributed by atoms with Crippen molar-refractivity contribution in [1.82, 2.24) is 0 Å². The minimum atomic E-state index is 0.461. The molecule has 0 N–H and O–H groups in total. The van der Waals surface area contributed by atoms with Crippen molar-refractivity contribution < 1.29 is 9.47 Å². The summed E-state index contributed by atoms with van der Waals surface area (Å²) in [7, 11) is 0. The first-order valence-corrected chi connectivity index (χ1v) is 4.36. The fourth-order valence-electron chi connectivity index (χ4n) is 0.930. The maximum atomic E-state index is 5.39. The minimum absolute atomic E-state index is 0.461. The molecular weight excluding hydrogens is 176 g/mol. The smallest absolute Gasteiger partial charge is 0.162 e. The molecule has 0 saturated heterocycles. The van der Waals surface area contributed by atoms with E-state index >= 15 is 0 Å². The molecule has 2 nitrogen and oxygen atoms in total. The van der Waals surface area contributed by atoms with Crippen LogP contribution in [0.5, 0.6) is 11.5 Å². The number of hydrogen-bond donors (Lipinski definition) is 0. The van der Waals surface area contributed by atoms with Crippen LogP contribution in [0.3, 0.4) is 0 Å². The van der Waals surface area contributed by atoms with Crippen LogP contribution in [0, 0.1) is 6.07 Å². The molecule has 14 heavy (non-hydrogen) atoms. The predicted octanol–water partition coefficient (Wildman–Crippen LogP) is 2.62.